The van der Waals surface area contributed by atoms with Crippen LogP contribution in [0.25, 0.3) is 6.08 Å². The number of hydrogen-bond acceptors (Lipinski definition) is 6. The lowest BCUT2D eigenvalue weighted by atomic mass is 10.1. The van der Waals surface area contributed by atoms with Crippen LogP contribution in [0.5, 0.6) is 23.0 Å². The van der Waals surface area contributed by atoms with Crippen molar-refractivity contribution in [1.29, 1.82) is 5.26 Å². The van der Waals surface area contributed by atoms with Crippen LogP contribution in [0, 0.1) is 11.3 Å². The Kier molecular flexibility index (Phi) is 8.32. The molecule has 0 fully saturated rings. The molecule has 0 aliphatic carbocycles. The van der Waals surface area contributed by atoms with E-state index in [1.807, 2.05) is 24.3 Å². The second kappa shape index (κ2) is 11.8. The first-order chi connectivity index (χ1) is 16.1. The zero-order valence-corrected chi connectivity index (χ0v) is 18.4. The number of methoxy groups -OCH3 is 2. The number of rotatable bonds is 10. The molecule has 0 unspecified atom stereocenters. The summed E-state index contributed by atoms with van der Waals surface area (Å²) in [7, 11) is 3.17. The van der Waals surface area contributed by atoms with E-state index >= 15 is 0 Å². The number of carbonyl (C=O) groups excluding carboxylic acids is 1. The highest BCUT2D eigenvalue weighted by Crippen LogP contribution is 2.20. The smallest absolute Gasteiger partial charge is 0.266 e. The molecule has 3 rings (SSSR count). The maximum absolute atomic E-state index is 12.4. The minimum atomic E-state index is -0.488. The Bertz CT molecular complexity index is 1130. The number of hydrogen-bond donors (Lipinski definition) is 1. The molecular weight excluding hydrogens is 420 g/mol. The SMILES string of the molecule is COc1ccc(NC(=O)C(C#N)=Cc2ccc(OCCOc3cccc(OC)c3)cc2)cc1. The van der Waals surface area contributed by atoms with Gasteiger partial charge < -0.3 is 24.3 Å². The van der Waals surface area contributed by atoms with Gasteiger partial charge in [-0.05, 0) is 60.2 Å². The van der Waals surface area contributed by atoms with Crippen molar-refractivity contribution >= 4 is 17.7 Å². The maximum Gasteiger partial charge on any atom is 0.266 e. The van der Waals surface area contributed by atoms with Crippen LogP contribution in [0.4, 0.5) is 5.69 Å². The molecule has 1 amide bonds. The van der Waals surface area contributed by atoms with Crippen molar-refractivity contribution in [1.82, 2.24) is 0 Å². The lowest BCUT2D eigenvalue weighted by Gasteiger charge is -2.09. The third kappa shape index (κ3) is 7.04. The second-order valence-electron chi connectivity index (χ2n) is 6.80. The number of nitrogens with one attached hydrogen (secondary N) is 1. The molecule has 3 aromatic carbocycles. The topological polar surface area (TPSA) is 89.8 Å². The molecule has 1 N–H and O–H groups in total. The van der Waals surface area contributed by atoms with Crippen molar-refractivity contribution < 1.29 is 23.7 Å². The van der Waals surface area contributed by atoms with Crippen LogP contribution in [0.2, 0.25) is 0 Å². The van der Waals surface area contributed by atoms with Gasteiger partial charge in [-0.1, -0.05) is 18.2 Å². The lowest BCUT2D eigenvalue weighted by molar-refractivity contribution is -0.112. The van der Waals surface area contributed by atoms with Gasteiger partial charge in [0.15, 0.2) is 0 Å². The van der Waals surface area contributed by atoms with Crippen molar-refractivity contribution in [3.63, 3.8) is 0 Å². The van der Waals surface area contributed by atoms with Crippen LogP contribution in [0.1, 0.15) is 5.56 Å². The van der Waals surface area contributed by atoms with Crippen molar-refractivity contribution in [2.24, 2.45) is 0 Å². The summed E-state index contributed by atoms with van der Waals surface area (Å²) in [6.07, 6.45) is 1.52. The van der Waals surface area contributed by atoms with E-state index < -0.39 is 5.91 Å². The lowest BCUT2D eigenvalue weighted by Crippen LogP contribution is -2.13. The Morgan fingerprint density at radius 2 is 1.45 bits per heavy atom. The Morgan fingerprint density at radius 1 is 0.848 bits per heavy atom. The third-order valence-electron chi connectivity index (χ3n) is 4.57. The highest BCUT2D eigenvalue weighted by atomic mass is 16.5. The third-order valence-corrected chi connectivity index (χ3v) is 4.57. The zero-order chi connectivity index (χ0) is 23.5. The summed E-state index contributed by atoms with van der Waals surface area (Å²) in [4.78, 5) is 12.4. The van der Waals surface area contributed by atoms with Crippen molar-refractivity contribution in [3.05, 3.63) is 83.9 Å². The zero-order valence-electron chi connectivity index (χ0n) is 18.4. The molecule has 0 heterocycles. The quantitative estimate of drug-likeness (QED) is 0.277. The van der Waals surface area contributed by atoms with Crippen LogP contribution in [0.15, 0.2) is 78.4 Å². The largest absolute Gasteiger partial charge is 0.497 e. The molecule has 0 aliphatic rings. The number of anilines is 1. The average Bonchev–Trinajstić information content (AvgIpc) is 2.86. The van der Waals surface area contributed by atoms with Gasteiger partial charge in [-0.25, -0.2) is 0 Å². The molecule has 0 bridgehead atoms. The number of ether oxygens (including phenoxy) is 4. The highest BCUT2D eigenvalue weighted by Gasteiger charge is 2.10. The molecule has 0 aliphatic heterocycles. The summed E-state index contributed by atoms with van der Waals surface area (Å²) < 4.78 is 21.6. The Labute approximate surface area is 192 Å². The summed E-state index contributed by atoms with van der Waals surface area (Å²) in [5.41, 5.74) is 1.27. The van der Waals surface area contributed by atoms with E-state index in [1.165, 1.54) is 6.08 Å². The Hall–Kier alpha value is -4.44. The van der Waals surface area contributed by atoms with Crippen LogP contribution < -0.4 is 24.3 Å². The predicted molar refractivity (Wildman–Crippen MR) is 126 cm³/mol. The number of nitriles is 1. The van der Waals surface area contributed by atoms with E-state index in [1.54, 1.807) is 68.8 Å². The van der Waals surface area contributed by atoms with Crippen LogP contribution in [-0.4, -0.2) is 33.3 Å². The Balaban J connectivity index is 1.51. The molecule has 33 heavy (non-hydrogen) atoms. The summed E-state index contributed by atoms with van der Waals surface area (Å²) in [5.74, 6) is 2.28. The van der Waals surface area contributed by atoms with Crippen LogP contribution in [-0.2, 0) is 4.79 Å². The van der Waals surface area contributed by atoms with Crippen LogP contribution >= 0.6 is 0 Å². The molecule has 0 atom stereocenters. The molecule has 7 heteroatoms. The van der Waals surface area contributed by atoms with Gasteiger partial charge in [0.25, 0.3) is 5.91 Å². The van der Waals surface area contributed by atoms with Gasteiger partial charge in [-0.2, -0.15) is 5.26 Å². The first-order valence-corrected chi connectivity index (χ1v) is 10.2. The molecule has 0 aromatic heterocycles. The summed E-state index contributed by atoms with van der Waals surface area (Å²) in [6, 6.07) is 23.3. The summed E-state index contributed by atoms with van der Waals surface area (Å²) in [5, 5.41) is 12.1. The molecular formula is C26H24N2O5. The number of benzene rings is 3. The fourth-order valence-corrected chi connectivity index (χ4v) is 2.86. The van der Waals surface area contributed by atoms with Gasteiger partial charge in [-0.3, -0.25) is 4.79 Å². The summed E-state index contributed by atoms with van der Waals surface area (Å²) >= 11 is 0. The van der Waals surface area contributed by atoms with Gasteiger partial charge >= 0.3 is 0 Å². The Morgan fingerprint density at radius 3 is 2.09 bits per heavy atom. The van der Waals surface area contributed by atoms with Gasteiger partial charge in [0.2, 0.25) is 0 Å². The van der Waals surface area contributed by atoms with Gasteiger partial charge in [0.05, 0.1) is 14.2 Å². The van der Waals surface area contributed by atoms with E-state index in [2.05, 4.69) is 5.32 Å². The molecule has 7 nitrogen and oxygen atoms in total. The molecule has 0 radical (unpaired) electrons. The van der Waals surface area contributed by atoms with Gasteiger partial charge in [0, 0.05) is 11.8 Å². The number of amides is 1. The fraction of sp³-hybridized carbons (Fsp3) is 0.154. The van der Waals surface area contributed by atoms with Crippen molar-refractivity contribution in [2.45, 2.75) is 0 Å². The molecule has 3 aromatic rings. The normalized spacial score (nSPS) is 10.6. The second-order valence-corrected chi connectivity index (χ2v) is 6.80. The van der Waals surface area contributed by atoms with Crippen molar-refractivity contribution in [2.75, 3.05) is 32.8 Å². The van der Waals surface area contributed by atoms with Crippen LogP contribution in [0.3, 0.4) is 0 Å². The average molecular weight is 444 g/mol. The highest BCUT2D eigenvalue weighted by molar-refractivity contribution is 6.09. The number of nitrogens with zero attached hydrogens (tertiary/aromatic N) is 1. The number of carbonyl (C=O) groups is 1. The molecule has 0 spiro atoms. The first-order valence-electron chi connectivity index (χ1n) is 10.2. The van der Waals surface area contributed by atoms with E-state index in [0.717, 1.165) is 5.75 Å². The fourth-order valence-electron chi connectivity index (χ4n) is 2.86. The minimum absolute atomic E-state index is 0.00817. The van der Waals surface area contributed by atoms with E-state index in [-0.39, 0.29) is 5.57 Å². The van der Waals surface area contributed by atoms with E-state index in [9.17, 15) is 10.1 Å². The molecule has 168 valence electrons. The van der Waals surface area contributed by atoms with Crippen molar-refractivity contribution in [3.8, 4) is 29.1 Å². The van der Waals surface area contributed by atoms with E-state index in [4.69, 9.17) is 18.9 Å². The monoisotopic (exact) mass is 444 g/mol. The van der Waals surface area contributed by atoms with Gasteiger partial charge in [0.1, 0.15) is 47.9 Å². The summed E-state index contributed by atoms with van der Waals surface area (Å²) in [6.45, 7) is 0.735. The standard InChI is InChI=1S/C26H24N2O5/c1-30-22-12-8-21(9-13-22)28-26(29)20(18-27)16-19-6-10-23(11-7-19)32-14-15-33-25-5-3-4-24(17-25)31-2/h3-13,16-17H,14-15H2,1-2H3,(H,28,29). The minimum Gasteiger partial charge on any atom is -0.497 e. The van der Waals surface area contributed by atoms with E-state index in [0.29, 0.717) is 41.7 Å². The molecule has 0 saturated heterocycles. The first kappa shape index (κ1) is 23.2. The maximum atomic E-state index is 12.4. The van der Waals surface area contributed by atoms with Gasteiger partial charge in [-0.15, -0.1) is 0 Å². The molecule has 0 saturated carbocycles. The predicted octanol–water partition coefficient (Wildman–Crippen LogP) is 4.71.